The zero-order valence-electron chi connectivity index (χ0n) is 11.5. The Bertz CT molecular complexity index is 528. The van der Waals surface area contributed by atoms with Gasteiger partial charge in [0.2, 0.25) is 5.91 Å². The third-order valence-electron chi connectivity index (χ3n) is 3.01. The highest BCUT2D eigenvalue weighted by molar-refractivity contribution is 7.10. The van der Waals surface area contributed by atoms with Crippen molar-refractivity contribution in [2.45, 2.75) is 37.9 Å². The molecule has 0 saturated heterocycles. The van der Waals surface area contributed by atoms with Gasteiger partial charge in [0, 0.05) is 10.9 Å². The molecule has 1 aliphatic carbocycles. The van der Waals surface area contributed by atoms with Gasteiger partial charge in [-0.05, 0) is 31.2 Å². The second-order valence-electron chi connectivity index (χ2n) is 4.91. The molecule has 1 fully saturated rings. The summed E-state index contributed by atoms with van der Waals surface area (Å²) >= 11 is 1.24. The summed E-state index contributed by atoms with van der Waals surface area (Å²) in [4.78, 5) is 35.2. The number of carboxylic acids is 1. The molecule has 1 heterocycles. The molecule has 2 atom stereocenters. The Labute approximate surface area is 125 Å². The number of rotatable bonds is 6. The van der Waals surface area contributed by atoms with Crippen molar-refractivity contribution in [3.63, 3.8) is 0 Å². The number of carboxylic acid groups (broad SMARTS) is 1. The molecule has 0 bridgehead atoms. The van der Waals surface area contributed by atoms with E-state index < -0.39 is 24.1 Å². The Morgan fingerprint density at radius 3 is 2.57 bits per heavy atom. The molecule has 1 aromatic rings. The van der Waals surface area contributed by atoms with Gasteiger partial charge in [-0.2, -0.15) is 0 Å². The summed E-state index contributed by atoms with van der Waals surface area (Å²) in [7, 11) is 0. The maximum atomic E-state index is 11.8. The third kappa shape index (κ3) is 4.45. The Kier molecular flexibility index (Phi) is 4.79. The fourth-order valence-corrected chi connectivity index (χ4v) is 2.47. The summed E-state index contributed by atoms with van der Waals surface area (Å²) in [5.41, 5.74) is 0. The van der Waals surface area contributed by atoms with Crippen LogP contribution in [0.15, 0.2) is 17.5 Å². The molecule has 0 aromatic carbocycles. The smallest absolute Gasteiger partial charge is 0.331 e. The maximum Gasteiger partial charge on any atom is 0.331 e. The molecule has 0 spiro atoms. The van der Waals surface area contributed by atoms with E-state index in [2.05, 4.69) is 16.0 Å². The average Bonchev–Trinajstić information content (AvgIpc) is 3.06. The first-order chi connectivity index (χ1) is 9.97. The van der Waals surface area contributed by atoms with E-state index in [-0.39, 0.29) is 11.9 Å². The molecule has 0 aliphatic heterocycles. The zero-order valence-corrected chi connectivity index (χ0v) is 12.3. The van der Waals surface area contributed by atoms with Gasteiger partial charge >= 0.3 is 12.0 Å². The lowest BCUT2D eigenvalue weighted by molar-refractivity contribution is -0.139. The number of carbonyl (C=O) groups is 3. The number of thiophene rings is 1. The van der Waals surface area contributed by atoms with Crippen molar-refractivity contribution < 1.29 is 19.5 Å². The van der Waals surface area contributed by atoms with Gasteiger partial charge in [-0.15, -0.1) is 11.3 Å². The number of aliphatic carboxylic acids is 1. The second kappa shape index (κ2) is 6.57. The summed E-state index contributed by atoms with van der Waals surface area (Å²) in [6.45, 7) is 1.55. The van der Waals surface area contributed by atoms with Crippen molar-refractivity contribution in [2.24, 2.45) is 0 Å². The molecule has 3 amide bonds. The minimum Gasteiger partial charge on any atom is -0.479 e. The Morgan fingerprint density at radius 1 is 1.33 bits per heavy atom. The number of urea groups is 1. The van der Waals surface area contributed by atoms with Crippen molar-refractivity contribution in [3.8, 4) is 0 Å². The van der Waals surface area contributed by atoms with E-state index in [1.54, 1.807) is 24.4 Å². The number of hydrogen-bond donors (Lipinski definition) is 4. The summed E-state index contributed by atoms with van der Waals surface area (Å²) in [6, 6.07) is 1.03. The van der Waals surface area contributed by atoms with Crippen LogP contribution in [-0.2, 0) is 9.59 Å². The zero-order chi connectivity index (χ0) is 15.4. The van der Waals surface area contributed by atoms with Gasteiger partial charge in [-0.1, -0.05) is 6.07 Å². The Balaban J connectivity index is 1.87. The van der Waals surface area contributed by atoms with Crippen LogP contribution in [0.5, 0.6) is 0 Å². The molecule has 7 nitrogen and oxygen atoms in total. The minimum atomic E-state index is -1.15. The number of nitrogens with one attached hydrogen (secondary N) is 3. The fourth-order valence-electron chi connectivity index (χ4n) is 1.70. The van der Waals surface area contributed by atoms with Crippen LogP contribution < -0.4 is 16.0 Å². The molecule has 21 heavy (non-hydrogen) atoms. The van der Waals surface area contributed by atoms with Crippen LogP contribution in [0.3, 0.4) is 0 Å². The normalized spacial score (nSPS) is 16.6. The molecule has 0 radical (unpaired) electrons. The van der Waals surface area contributed by atoms with E-state index in [4.69, 9.17) is 5.11 Å². The molecular weight excluding hydrogens is 294 g/mol. The predicted octanol–water partition coefficient (Wildman–Crippen LogP) is 0.840. The van der Waals surface area contributed by atoms with Gasteiger partial charge < -0.3 is 21.1 Å². The average molecular weight is 311 g/mol. The van der Waals surface area contributed by atoms with E-state index in [0.29, 0.717) is 4.88 Å². The van der Waals surface area contributed by atoms with E-state index in [1.165, 1.54) is 11.3 Å². The lowest BCUT2D eigenvalue weighted by Crippen LogP contribution is -2.50. The van der Waals surface area contributed by atoms with Crippen LogP contribution in [0.1, 0.15) is 30.7 Å². The van der Waals surface area contributed by atoms with Crippen LogP contribution in [0.4, 0.5) is 4.79 Å². The largest absolute Gasteiger partial charge is 0.479 e. The molecule has 114 valence electrons. The van der Waals surface area contributed by atoms with Gasteiger partial charge in [0.15, 0.2) is 6.04 Å². The van der Waals surface area contributed by atoms with E-state index in [0.717, 1.165) is 12.8 Å². The highest BCUT2D eigenvalue weighted by Crippen LogP contribution is 2.19. The molecule has 2 rings (SSSR count). The van der Waals surface area contributed by atoms with E-state index in [9.17, 15) is 14.4 Å². The van der Waals surface area contributed by atoms with Crippen LogP contribution in [0.25, 0.3) is 0 Å². The van der Waals surface area contributed by atoms with Gasteiger partial charge in [-0.3, -0.25) is 4.79 Å². The molecule has 8 heteroatoms. The standard InChI is InChI=1S/C13H17N3O4S/c1-7(11(17)15-8-4-5-8)14-13(20)16-10(12(18)19)9-3-2-6-21-9/h2-3,6-8,10H,4-5H2,1H3,(H,15,17)(H,18,19)(H2,14,16,20). The second-order valence-corrected chi connectivity index (χ2v) is 5.89. The first kappa shape index (κ1) is 15.3. The van der Waals surface area contributed by atoms with E-state index in [1.807, 2.05) is 0 Å². The minimum absolute atomic E-state index is 0.211. The van der Waals surface area contributed by atoms with Crippen LogP contribution in [0.2, 0.25) is 0 Å². The topological polar surface area (TPSA) is 108 Å². The summed E-state index contributed by atoms with van der Waals surface area (Å²) in [6.07, 6.45) is 1.92. The van der Waals surface area contributed by atoms with Gasteiger partial charge in [0.05, 0.1) is 0 Å². The number of carbonyl (C=O) groups excluding carboxylic acids is 2. The summed E-state index contributed by atoms with van der Waals surface area (Å²) < 4.78 is 0. The van der Waals surface area contributed by atoms with Gasteiger partial charge in [0.25, 0.3) is 0 Å². The van der Waals surface area contributed by atoms with Crippen LogP contribution >= 0.6 is 11.3 Å². The third-order valence-corrected chi connectivity index (χ3v) is 3.95. The highest BCUT2D eigenvalue weighted by atomic mass is 32.1. The number of hydrogen-bond acceptors (Lipinski definition) is 4. The lowest BCUT2D eigenvalue weighted by atomic mass is 10.2. The fraction of sp³-hybridized carbons (Fsp3) is 0.462. The monoisotopic (exact) mass is 311 g/mol. The van der Waals surface area contributed by atoms with Gasteiger partial charge in [-0.25, -0.2) is 9.59 Å². The molecule has 1 aromatic heterocycles. The van der Waals surface area contributed by atoms with Crippen LogP contribution in [0, 0.1) is 0 Å². The molecule has 4 N–H and O–H groups in total. The SMILES string of the molecule is CC(NC(=O)NC(C(=O)O)c1cccs1)C(=O)NC1CC1. The van der Waals surface area contributed by atoms with Crippen molar-refractivity contribution >= 4 is 29.2 Å². The van der Waals surface area contributed by atoms with Crippen LogP contribution in [-0.4, -0.2) is 35.1 Å². The van der Waals surface area contributed by atoms with Gasteiger partial charge in [0.1, 0.15) is 6.04 Å². The van der Waals surface area contributed by atoms with Crippen molar-refractivity contribution in [1.29, 1.82) is 0 Å². The maximum absolute atomic E-state index is 11.8. The Morgan fingerprint density at radius 2 is 2.05 bits per heavy atom. The first-order valence-corrected chi connectivity index (χ1v) is 7.49. The van der Waals surface area contributed by atoms with Crippen molar-refractivity contribution in [2.75, 3.05) is 0 Å². The quantitative estimate of drug-likeness (QED) is 0.624. The molecular formula is C13H17N3O4S. The molecule has 2 unspecified atom stereocenters. The number of amides is 3. The van der Waals surface area contributed by atoms with E-state index >= 15 is 0 Å². The predicted molar refractivity (Wildman–Crippen MR) is 77.0 cm³/mol. The van der Waals surface area contributed by atoms with Crippen molar-refractivity contribution in [1.82, 2.24) is 16.0 Å². The first-order valence-electron chi connectivity index (χ1n) is 6.61. The Hall–Kier alpha value is -2.09. The molecule has 1 aliphatic rings. The summed E-state index contributed by atoms with van der Waals surface area (Å²) in [5, 5.41) is 18.4. The molecule has 1 saturated carbocycles. The van der Waals surface area contributed by atoms with Crippen molar-refractivity contribution in [3.05, 3.63) is 22.4 Å². The lowest BCUT2D eigenvalue weighted by Gasteiger charge is -2.17. The highest BCUT2D eigenvalue weighted by Gasteiger charge is 2.27. The summed E-state index contributed by atoms with van der Waals surface area (Å²) in [5.74, 6) is -1.42.